The van der Waals surface area contributed by atoms with Crippen molar-refractivity contribution in [2.45, 2.75) is 18.9 Å². The van der Waals surface area contributed by atoms with E-state index in [2.05, 4.69) is 4.74 Å². The highest BCUT2D eigenvalue weighted by molar-refractivity contribution is 7.90. The molecule has 0 aliphatic carbocycles. The van der Waals surface area contributed by atoms with Crippen molar-refractivity contribution < 1.29 is 39.8 Å². The molecule has 0 radical (unpaired) electrons. The predicted molar refractivity (Wildman–Crippen MR) is 118 cm³/mol. The van der Waals surface area contributed by atoms with E-state index < -0.39 is 45.6 Å². The lowest BCUT2D eigenvalue weighted by Gasteiger charge is -2.16. The zero-order valence-electron chi connectivity index (χ0n) is 18.5. The van der Waals surface area contributed by atoms with Crippen molar-refractivity contribution in [2.75, 3.05) is 12.4 Å². The maximum absolute atomic E-state index is 14.2. The Balaban J connectivity index is 2.14. The first-order chi connectivity index (χ1) is 16.3. The Bertz CT molecular complexity index is 1400. The number of sulfone groups is 1. The molecular formula is C23H20F5NO5S. The molecule has 35 heavy (non-hydrogen) atoms. The van der Waals surface area contributed by atoms with Crippen LogP contribution >= 0.6 is 0 Å². The van der Waals surface area contributed by atoms with Gasteiger partial charge in [-0.25, -0.2) is 17.2 Å². The SMILES string of the molecule is CCS(=O)(=O)Cc1ccc(Oc2ccc(F)cc2F)c(-c2cc(OCC(F)(F)F)c(=O)n(C)c2)c1. The lowest BCUT2D eigenvalue weighted by atomic mass is 10.0. The summed E-state index contributed by atoms with van der Waals surface area (Å²) in [6.07, 6.45) is -3.41. The molecule has 3 aromatic rings. The van der Waals surface area contributed by atoms with Gasteiger partial charge in [-0.05, 0) is 35.9 Å². The number of halogens is 5. The minimum absolute atomic E-state index is 0.0198. The van der Waals surface area contributed by atoms with Gasteiger partial charge in [-0.2, -0.15) is 13.2 Å². The summed E-state index contributed by atoms with van der Waals surface area (Å²) in [5, 5.41) is 0. The number of aromatic nitrogens is 1. The summed E-state index contributed by atoms with van der Waals surface area (Å²) in [5.74, 6) is -3.29. The second kappa shape index (κ2) is 10.1. The molecule has 0 N–H and O–H groups in total. The molecule has 0 saturated carbocycles. The van der Waals surface area contributed by atoms with Crippen LogP contribution in [-0.2, 0) is 22.6 Å². The summed E-state index contributed by atoms with van der Waals surface area (Å²) < 4.78 is 101. The molecule has 2 aromatic carbocycles. The zero-order valence-corrected chi connectivity index (χ0v) is 19.3. The fourth-order valence-corrected chi connectivity index (χ4v) is 4.00. The minimum Gasteiger partial charge on any atom is -0.478 e. The average Bonchev–Trinajstić information content (AvgIpc) is 2.76. The van der Waals surface area contributed by atoms with Crippen molar-refractivity contribution in [3.63, 3.8) is 0 Å². The monoisotopic (exact) mass is 517 g/mol. The van der Waals surface area contributed by atoms with Gasteiger partial charge in [0, 0.05) is 36.2 Å². The summed E-state index contributed by atoms with van der Waals surface area (Å²) in [7, 11) is -2.16. The zero-order chi connectivity index (χ0) is 26.0. The van der Waals surface area contributed by atoms with Crippen molar-refractivity contribution in [2.24, 2.45) is 7.05 Å². The predicted octanol–water partition coefficient (Wildman–Crippen LogP) is 5.00. The molecule has 0 unspecified atom stereocenters. The van der Waals surface area contributed by atoms with Crippen LogP contribution in [0.1, 0.15) is 12.5 Å². The Morgan fingerprint density at radius 3 is 2.29 bits per heavy atom. The van der Waals surface area contributed by atoms with Crippen LogP contribution < -0.4 is 15.0 Å². The highest BCUT2D eigenvalue weighted by Gasteiger charge is 2.29. The Morgan fingerprint density at radius 2 is 1.66 bits per heavy atom. The van der Waals surface area contributed by atoms with Crippen LogP contribution in [-0.4, -0.2) is 31.5 Å². The topological polar surface area (TPSA) is 74.6 Å². The van der Waals surface area contributed by atoms with Crippen LogP contribution in [0, 0.1) is 11.6 Å². The third kappa shape index (κ3) is 6.81. The Labute approximate surface area is 197 Å². The summed E-state index contributed by atoms with van der Waals surface area (Å²) in [5.41, 5.74) is -0.238. The number of rotatable bonds is 8. The maximum atomic E-state index is 14.2. The lowest BCUT2D eigenvalue weighted by molar-refractivity contribution is -0.153. The molecule has 6 nitrogen and oxygen atoms in total. The van der Waals surface area contributed by atoms with E-state index in [1.807, 2.05) is 0 Å². The van der Waals surface area contributed by atoms with Crippen molar-refractivity contribution >= 4 is 9.84 Å². The summed E-state index contributed by atoms with van der Waals surface area (Å²) >= 11 is 0. The Hall–Kier alpha value is -3.41. The van der Waals surface area contributed by atoms with Crippen LogP contribution in [0.4, 0.5) is 22.0 Å². The molecule has 0 atom stereocenters. The van der Waals surface area contributed by atoms with E-state index in [4.69, 9.17) is 4.74 Å². The number of aryl methyl sites for hydroxylation is 1. The first-order valence-electron chi connectivity index (χ1n) is 10.1. The van der Waals surface area contributed by atoms with E-state index in [-0.39, 0.29) is 34.1 Å². The standard InChI is InChI=1S/C23H20F5NO5S/c1-3-35(31,32)12-14-4-6-19(34-20-7-5-16(24)10-18(20)25)17(8-14)15-9-21(22(30)29(2)11-15)33-13-23(26,27)28/h4-11H,3,12-13H2,1-2H3. The third-order valence-corrected chi connectivity index (χ3v) is 6.49. The van der Waals surface area contributed by atoms with Gasteiger partial charge in [0.05, 0.1) is 5.75 Å². The second-order valence-electron chi connectivity index (χ2n) is 7.60. The highest BCUT2D eigenvalue weighted by atomic mass is 32.2. The van der Waals surface area contributed by atoms with E-state index in [1.54, 1.807) is 0 Å². The van der Waals surface area contributed by atoms with Crippen LogP contribution in [0.15, 0.2) is 53.5 Å². The van der Waals surface area contributed by atoms with Crippen LogP contribution in [0.3, 0.4) is 0 Å². The first kappa shape index (κ1) is 26.2. The molecule has 12 heteroatoms. The highest BCUT2D eigenvalue weighted by Crippen LogP contribution is 2.36. The molecule has 0 aliphatic rings. The fraction of sp³-hybridized carbons (Fsp3) is 0.261. The molecule has 0 aliphatic heterocycles. The number of benzene rings is 2. The summed E-state index contributed by atoms with van der Waals surface area (Å²) in [6.45, 7) is -0.229. The number of nitrogens with zero attached hydrogens (tertiary/aromatic N) is 1. The van der Waals surface area contributed by atoms with Crippen molar-refractivity contribution in [3.8, 4) is 28.4 Å². The van der Waals surface area contributed by atoms with E-state index in [0.29, 0.717) is 11.6 Å². The van der Waals surface area contributed by atoms with Gasteiger partial charge in [0.2, 0.25) is 0 Å². The molecule has 0 saturated heterocycles. The smallest absolute Gasteiger partial charge is 0.422 e. The van der Waals surface area contributed by atoms with Gasteiger partial charge < -0.3 is 14.0 Å². The summed E-state index contributed by atoms with van der Waals surface area (Å²) in [6, 6.07) is 7.84. The van der Waals surface area contributed by atoms with Crippen LogP contribution in [0.25, 0.3) is 11.1 Å². The van der Waals surface area contributed by atoms with Gasteiger partial charge in [0.1, 0.15) is 11.6 Å². The van der Waals surface area contributed by atoms with E-state index >= 15 is 0 Å². The maximum Gasteiger partial charge on any atom is 0.422 e. The molecule has 1 heterocycles. The molecule has 3 rings (SSSR count). The average molecular weight is 517 g/mol. The Kier molecular flexibility index (Phi) is 7.53. The molecule has 0 spiro atoms. The van der Waals surface area contributed by atoms with E-state index in [9.17, 15) is 35.2 Å². The normalized spacial score (nSPS) is 12.0. The van der Waals surface area contributed by atoms with Gasteiger partial charge in [-0.3, -0.25) is 4.79 Å². The molecule has 1 aromatic heterocycles. The molecular weight excluding hydrogens is 497 g/mol. The largest absolute Gasteiger partial charge is 0.478 e. The Morgan fingerprint density at radius 1 is 0.971 bits per heavy atom. The summed E-state index contributed by atoms with van der Waals surface area (Å²) in [4.78, 5) is 12.3. The van der Waals surface area contributed by atoms with Gasteiger partial charge in [0.15, 0.2) is 33.8 Å². The number of ether oxygens (including phenoxy) is 2. The van der Waals surface area contributed by atoms with Crippen molar-refractivity contribution in [3.05, 3.63) is 76.2 Å². The van der Waals surface area contributed by atoms with Gasteiger partial charge >= 0.3 is 6.18 Å². The molecule has 0 amide bonds. The van der Waals surface area contributed by atoms with Crippen LogP contribution in [0.5, 0.6) is 17.2 Å². The van der Waals surface area contributed by atoms with Crippen molar-refractivity contribution in [1.82, 2.24) is 4.57 Å². The van der Waals surface area contributed by atoms with E-state index in [1.165, 1.54) is 38.4 Å². The van der Waals surface area contributed by atoms with Gasteiger partial charge in [-0.15, -0.1) is 0 Å². The third-order valence-electron chi connectivity index (χ3n) is 4.84. The van der Waals surface area contributed by atoms with Crippen molar-refractivity contribution in [1.29, 1.82) is 0 Å². The van der Waals surface area contributed by atoms with Gasteiger partial charge in [0.25, 0.3) is 5.56 Å². The lowest BCUT2D eigenvalue weighted by Crippen LogP contribution is -2.25. The number of hydrogen-bond acceptors (Lipinski definition) is 5. The quantitative estimate of drug-likeness (QED) is 0.394. The van der Waals surface area contributed by atoms with E-state index in [0.717, 1.165) is 22.8 Å². The first-order valence-corrected chi connectivity index (χ1v) is 12.0. The fourth-order valence-electron chi connectivity index (χ4n) is 3.11. The molecule has 188 valence electrons. The number of alkyl halides is 3. The van der Waals surface area contributed by atoms with Crippen LogP contribution in [0.2, 0.25) is 0 Å². The van der Waals surface area contributed by atoms with Gasteiger partial charge in [-0.1, -0.05) is 13.0 Å². The second-order valence-corrected chi connectivity index (χ2v) is 9.95. The number of pyridine rings is 1. The number of hydrogen-bond donors (Lipinski definition) is 0. The molecule has 0 bridgehead atoms. The minimum atomic E-state index is -4.69. The molecule has 0 fully saturated rings.